The molecule has 0 heterocycles. The highest BCUT2D eigenvalue weighted by Gasteiger charge is 2.31. The molecule has 0 saturated heterocycles. The van der Waals surface area contributed by atoms with Crippen LogP contribution in [0.25, 0.3) is 11.1 Å². The molecule has 7 heteroatoms. The SMILES string of the molecule is COc1cccc(-c2cc(C=O)cc(OC(F)(F)F)c2)c1F. The van der Waals surface area contributed by atoms with Crippen LogP contribution in [0.15, 0.2) is 36.4 Å². The predicted octanol–water partition coefficient (Wildman–Crippen LogP) is 4.21. The van der Waals surface area contributed by atoms with Crippen LogP contribution in [-0.4, -0.2) is 19.8 Å². The Kier molecular flexibility index (Phi) is 4.35. The first-order valence-electron chi connectivity index (χ1n) is 6.03. The van der Waals surface area contributed by atoms with Crippen LogP contribution in [0.3, 0.4) is 0 Å². The van der Waals surface area contributed by atoms with Crippen LogP contribution < -0.4 is 9.47 Å². The highest BCUT2D eigenvalue weighted by Crippen LogP contribution is 2.33. The molecular weight excluding hydrogens is 304 g/mol. The van der Waals surface area contributed by atoms with E-state index in [9.17, 15) is 22.4 Å². The third-order valence-electron chi connectivity index (χ3n) is 2.79. The summed E-state index contributed by atoms with van der Waals surface area (Å²) in [6, 6.07) is 7.39. The van der Waals surface area contributed by atoms with Gasteiger partial charge in [0.25, 0.3) is 0 Å². The molecule has 0 unspecified atom stereocenters. The molecule has 0 aliphatic heterocycles. The molecule has 2 aromatic rings. The number of methoxy groups -OCH3 is 1. The molecule has 0 spiro atoms. The molecule has 0 saturated carbocycles. The van der Waals surface area contributed by atoms with Crippen molar-refractivity contribution in [2.24, 2.45) is 0 Å². The fourth-order valence-electron chi connectivity index (χ4n) is 1.93. The second kappa shape index (κ2) is 6.05. The predicted molar refractivity (Wildman–Crippen MR) is 70.5 cm³/mol. The maximum atomic E-state index is 14.2. The summed E-state index contributed by atoms with van der Waals surface area (Å²) in [4.78, 5) is 10.9. The second-order valence-electron chi connectivity index (χ2n) is 4.28. The molecule has 2 aromatic carbocycles. The van der Waals surface area contributed by atoms with Gasteiger partial charge in [-0.3, -0.25) is 4.79 Å². The van der Waals surface area contributed by atoms with E-state index in [1.165, 1.54) is 31.4 Å². The van der Waals surface area contributed by atoms with E-state index in [0.717, 1.165) is 12.1 Å². The Morgan fingerprint density at radius 2 is 1.86 bits per heavy atom. The Morgan fingerprint density at radius 1 is 1.14 bits per heavy atom. The van der Waals surface area contributed by atoms with Gasteiger partial charge in [-0.05, 0) is 29.8 Å². The lowest BCUT2D eigenvalue weighted by Gasteiger charge is -2.12. The Bertz CT molecular complexity index is 696. The van der Waals surface area contributed by atoms with Crippen molar-refractivity contribution in [1.29, 1.82) is 0 Å². The summed E-state index contributed by atoms with van der Waals surface area (Å²) in [5.41, 5.74) is -0.00528. The van der Waals surface area contributed by atoms with Crippen molar-refractivity contribution in [3.05, 3.63) is 47.8 Å². The first-order chi connectivity index (χ1) is 10.3. The molecule has 0 aliphatic carbocycles. The number of hydrogen-bond donors (Lipinski definition) is 0. The van der Waals surface area contributed by atoms with Gasteiger partial charge < -0.3 is 9.47 Å². The smallest absolute Gasteiger partial charge is 0.494 e. The largest absolute Gasteiger partial charge is 0.573 e. The van der Waals surface area contributed by atoms with Gasteiger partial charge in [-0.1, -0.05) is 12.1 Å². The quantitative estimate of drug-likeness (QED) is 0.626. The molecule has 0 N–H and O–H groups in total. The lowest BCUT2D eigenvalue weighted by Crippen LogP contribution is -2.17. The van der Waals surface area contributed by atoms with Crippen molar-refractivity contribution in [2.45, 2.75) is 6.36 Å². The van der Waals surface area contributed by atoms with E-state index < -0.39 is 17.9 Å². The number of hydrogen-bond acceptors (Lipinski definition) is 3. The van der Waals surface area contributed by atoms with Gasteiger partial charge in [-0.25, -0.2) is 4.39 Å². The zero-order chi connectivity index (χ0) is 16.3. The van der Waals surface area contributed by atoms with Crippen molar-refractivity contribution in [1.82, 2.24) is 0 Å². The summed E-state index contributed by atoms with van der Waals surface area (Å²) in [6.07, 6.45) is -4.56. The van der Waals surface area contributed by atoms with Gasteiger partial charge in [-0.2, -0.15) is 0 Å². The van der Waals surface area contributed by atoms with Crippen molar-refractivity contribution in [2.75, 3.05) is 7.11 Å². The first-order valence-corrected chi connectivity index (χ1v) is 6.03. The van der Waals surface area contributed by atoms with Crippen LogP contribution in [-0.2, 0) is 0 Å². The van der Waals surface area contributed by atoms with Gasteiger partial charge in [-0.15, -0.1) is 13.2 Å². The van der Waals surface area contributed by atoms with E-state index in [1.54, 1.807) is 0 Å². The highest BCUT2D eigenvalue weighted by atomic mass is 19.4. The summed E-state index contributed by atoms with van der Waals surface area (Å²) in [6.45, 7) is 0. The minimum Gasteiger partial charge on any atom is -0.494 e. The average Bonchev–Trinajstić information content (AvgIpc) is 2.45. The topological polar surface area (TPSA) is 35.5 Å². The Hall–Kier alpha value is -2.57. The minimum absolute atomic E-state index is 0.00456. The lowest BCUT2D eigenvalue weighted by atomic mass is 10.0. The molecule has 22 heavy (non-hydrogen) atoms. The third kappa shape index (κ3) is 3.55. The van der Waals surface area contributed by atoms with Crippen LogP contribution in [0.4, 0.5) is 17.6 Å². The molecule has 0 atom stereocenters. The maximum Gasteiger partial charge on any atom is 0.573 e. The molecule has 0 aliphatic rings. The number of carbonyl (C=O) groups is 1. The molecule has 0 fully saturated rings. The first kappa shape index (κ1) is 15.8. The Labute approximate surface area is 123 Å². The number of rotatable bonds is 4. The van der Waals surface area contributed by atoms with Gasteiger partial charge in [0.05, 0.1) is 7.11 Å². The number of alkyl halides is 3. The lowest BCUT2D eigenvalue weighted by molar-refractivity contribution is -0.274. The van der Waals surface area contributed by atoms with E-state index in [0.29, 0.717) is 6.29 Å². The number of aldehydes is 1. The summed E-state index contributed by atoms with van der Waals surface area (Å²) < 4.78 is 59.7. The van der Waals surface area contributed by atoms with Crippen LogP contribution in [0.2, 0.25) is 0 Å². The number of carbonyl (C=O) groups excluding carboxylic acids is 1. The Balaban J connectivity index is 2.55. The van der Waals surface area contributed by atoms with Crippen LogP contribution >= 0.6 is 0 Å². The minimum atomic E-state index is -4.91. The molecule has 2 rings (SSSR count). The summed E-state index contributed by atoms with van der Waals surface area (Å²) in [7, 11) is 1.27. The second-order valence-corrected chi connectivity index (χ2v) is 4.28. The number of benzene rings is 2. The summed E-state index contributed by atoms with van der Waals surface area (Å²) >= 11 is 0. The van der Waals surface area contributed by atoms with E-state index in [4.69, 9.17) is 4.74 Å². The highest BCUT2D eigenvalue weighted by molar-refractivity contribution is 5.80. The van der Waals surface area contributed by atoms with Crippen molar-refractivity contribution < 1.29 is 31.8 Å². The maximum absolute atomic E-state index is 14.2. The van der Waals surface area contributed by atoms with Crippen molar-refractivity contribution in [3.8, 4) is 22.6 Å². The summed E-state index contributed by atoms with van der Waals surface area (Å²) in [5, 5.41) is 0. The van der Waals surface area contributed by atoms with E-state index in [-0.39, 0.29) is 22.4 Å². The molecule has 0 amide bonds. The van der Waals surface area contributed by atoms with Gasteiger partial charge in [0.2, 0.25) is 0 Å². The molecule has 116 valence electrons. The molecule has 3 nitrogen and oxygen atoms in total. The zero-order valence-corrected chi connectivity index (χ0v) is 11.3. The van der Waals surface area contributed by atoms with E-state index in [1.807, 2.05) is 0 Å². The van der Waals surface area contributed by atoms with Gasteiger partial charge >= 0.3 is 6.36 Å². The molecular formula is C15H10F4O3. The van der Waals surface area contributed by atoms with Crippen molar-refractivity contribution >= 4 is 6.29 Å². The van der Waals surface area contributed by atoms with Gasteiger partial charge in [0.15, 0.2) is 11.6 Å². The van der Waals surface area contributed by atoms with Gasteiger partial charge in [0.1, 0.15) is 12.0 Å². The number of halogens is 4. The van der Waals surface area contributed by atoms with E-state index in [2.05, 4.69) is 4.74 Å². The third-order valence-corrected chi connectivity index (χ3v) is 2.79. The fourth-order valence-corrected chi connectivity index (χ4v) is 1.93. The molecule has 0 radical (unpaired) electrons. The summed E-state index contributed by atoms with van der Waals surface area (Å²) in [5.74, 6) is -1.41. The number of ether oxygens (including phenoxy) is 2. The molecule has 0 bridgehead atoms. The molecule has 0 aromatic heterocycles. The van der Waals surface area contributed by atoms with Gasteiger partial charge in [0, 0.05) is 11.1 Å². The Morgan fingerprint density at radius 3 is 2.45 bits per heavy atom. The normalized spacial score (nSPS) is 11.1. The van der Waals surface area contributed by atoms with Crippen molar-refractivity contribution in [3.63, 3.8) is 0 Å². The van der Waals surface area contributed by atoms with Crippen LogP contribution in [0.1, 0.15) is 10.4 Å². The van der Waals surface area contributed by atoms with E-state index >= 15 is 0 Å². The van der Waals surface area contributed by atoms with Crippen LogP contribution in [0.5, 0.6) is 11.5 Å². The average molecular weight is 314 g/mol. The van der Waals surface area contributed by atoms with Crippen LogP contribution in [0, 0.1) is 5.82 Å². The standard InChI is InChI=1S/C15H10F4O3/c1-21-13-4-2-3-12(14(13)16)10-5-9(8-20)6-11(7-10)22-15(17,18)19/h2-8H,1H3. The fraction of sp³-hybridized carbons (Fsp3) is 0.133. The zero-order valence-electron chi connectivity index (χ0n) is 11.3. The monoisotopic (exact) mass is 314 g/mol.